The van der Waals surface area contributed by atoms with Crippen molar-refractivity contribution in [3.8, 4) is 11.5 Å². The van der Waals surface area contributed by atoms with Gasteiger partial charge in [-0.15, -0.1) is 0 Å². The molecule has 2 aromatic heterocycles. The van der Waals surface area contributed by atoms with Crippen molar-refractivity contribution in [1.82, 2.24) is 9.55 Å². The normalized spacial score (nSPS) is 14.1. The fourth-order valence-corrected chi connectivity index (χ4v) is 4.01. The van der Waals surface area contributed by atoms with E-state index in [1.54, 1.807) is 12.3 Å². The van der Waals surface area contributed by atoms with E-state index in [4.69, 9.17) is 15.2 Å². The van der Waals surface area contributed by atoms with Crippen LogP contribution in [0.4, 0.5) is 14.5 Å². The van der Waals surface area contributed by atoms with Crippen molar-refractivity contribution in [3.63, 3.8) is 0 Å². The SMILES string of the molecule is C[SiH](C)CCOCn1cc(C2CC2)c2c(Oc3c(F)cc(N)cc3F)ccnc21. The van der Waals surface area contributed by atoms with Gasteiger partial charge in [-0.1, -0.05) is 13.1 Å². The maximum Gasteiger partial charge on any atom is 0.198 e. The van der Waals surface area contributed by atoms with Gasteiger partial charge in [-0.2, -0.15) is 0 Å². The molecule has 8 heteroatoms. The number of rotatable bonds is 8. The summed E-state index contributed by atoms with van der Waals surface area (Å²) in [4.78, 5) is 4.49. The van der Waals surface area contributed by atoms with Gasteiger partial charge in [0.15, 0.2) is 17.4 Å². The Labute approximate surface area is 170 Å². The number of halogens is 2. The van der Waals surface area contributed by atoms with E-state index in [9.17, 15) is 8.78 Å². The van der Waals surface area contributed by atoms with Gasteiger partial charge in [-0.05, 0) is 36.4 Å². The Morgan fingerprint density at radius 2 is 1.97 bits per heavy atom. The Hall–Kier alpha value is -2.45. The monoisotopic (exact) mass is 417 g/mol. The molecule has 1 fully saturated rings. The predicted octanol–water partition coefficient (Wildman–Crippen LogP) is 5.03. The second kappa shape index (κ2) is 8.12. The van der Waals surface area contributed by atoms with E-state index in [0.717, 1.165) is 48.6 Å². The summed E-state index contributed by atoms with van der Waals surface area (Å²) in [5.74, 6) is -1.33. The molecule has 0 aliphatic heterocycles. The van der Waals surface area contributed by atoms with Crippen LogP contribution >= 0.6 is 0 Å². The Balaban J connectivity index is 1.68. The number of nitrogen functional groups attached to an aromatic ring is 1. The number of pyridine rings is 1. The molecule has 1 aromatic carbocycles. The molecule has 0 atom stereocenters. The van der Waals surface area contributed by atoms with Crippen LogP contribution in [0.25, 0.3) is 11.0 Å². The molecule has 0 bridgehead atoms. The Morgan fingerprint density at radius 1 is 1.24 bits per heavy atom. The number of hydrogen-bond donors (Lipinski definition) is 1. The third kappa shape index (κ3) is 4.28. The summed E-state index contributed by atoms with van der Waals surface area (Å²) in [6.07, 6.45) is 5.78. The minimum atomic E-state index is -0.832. The van der Waals surface area contributed by atoms with Crippen LogP contribution in [0.15, 0.2) is 30.6 Å². The summed E-state index contributed by atoms with van der Waals surface area (Å²) in [5.41, 5.74) is 7.30. The molecule has 0 unspecified atom stereocenters. The second-order valence-electron chi connectivity index (χ2n) is 7.97. The average molecular weight is 418 g/mol. The van der Waals surface area contributed by atoms with Gasteiger partial charge in [0, 0.05) is 45.6 Å². The van der Waals surface area contributed by atoms with Crippen LogP contribution in [0, 0.1) is 11.6 Å². The first-order valence-corrected chi connectivity index (χ1v) is 13.0. The number of benzene rings is 1. The predicted molar refractivity (Wildman–Crippen MR) is 112 cm³/mol. The van der Waals surface area contributed by atoms with Crippen LogP contribution in [0.1, 0.15) is 24.3 Å². The van der Waals surface area contributed by atoms with Gasteiger partial charge in [-0.25, -0.2) is 13.8 Å². The van der Waals surface area contributed by atoms with Gasteiger partial charge in [0.1, 0.15) is 18.1 Å². The third-order valence-electron chi connectivity index (χ3n) is 5.07. The summed E-state index contributed by atoms with van der Waals surface area (Å²) in [5, 5.41) is 0.785. The van der Waals surface area contributed by atoms with Crippen LogP contribution < -0.4 is 10.5 Å². The largest absolute Gasteiger partial charge is 0.450 e. The lowest BCUT2D eigenvalue weighted by molar-refractivity contribution is 0.0901. The lowest BCUT2D eigenvalue weighted by atomic mass is 10.1. The standard InChI is InChI=1S/C21H25F2N3O2Si/c1-29(2)8-7-27-12-26-11-15(13-3-4-13)19-18(5-6-25-21(19)26)28-20-16(22)9-14(24)10-17(20)23/h5-6,9-11,13,29H,3-4,7-8,12,24H2,1-2H3. The summed E-state index contributed by atoms with van der Waals surface area (Å²) in [7, 11) is -0.658. The highest BCUT2D eigenvalue weighted by atomic mass is 28.3. The van der Waals surface area contributed by atoms with Crippen LogP contribution in [-0.4, -0.2) is 25.0 Å². The highest BCUT2D eigenvalue weighted by molar-refractivity contribution is 6.55. The zero-order valence-corrected chi connectivity index (χ0v) is 17.8. The lowest BCUT2D eigenvalue weighted by Gasteiger charge is -2.11. The number of nitrogens with zero attached hydrogens (tertiary/aromatic N) is 2. The minimum absolute atomic E-state index is 0.0126. The quantitative estimate of drug-likeness (QED) is 0.317. The molecule has 1 aliphatic rings. The van der Waals surface area contributed by atoms with Gasteiger partial charge >= 0.3 is 0 Å². The van der Waals surface area contributed by atoms with E-state index in [0.29, 0.717) is 24.0 Å². The fraction of sp³-hybridized carbons (Fsp3) is 0.381. The fourth-order valence-electron chi connectivity index (χ4n) is 3.37. The maximum atomic E-state index is 14.3. The molecule has 1 saturated carbocycles. The topological polar surface area (TPSA) is 62.3 Å². The molecule has 3 aromatic rings. The highest BCUT2D eigenvalue weighted by Gasteiger charge is 2.30. The average Bonchev–Trinajstić information content (AvgIpc) is 3.43. The van der Waals surface area contributed by atoms with Crippen molar-refractivity contribution in [1.29, 1.82) is 0 Å². The number of aromatic nitrogens is 2. The lowest BCUT2D eigenvalue weighted by Crippen LogP contribution is -2.08. The zero-order chi connectivity index (χ0) is 20.5. The summed E-state index contributed by atoms with van der Waals surface area (Å²) >= 11 is 0. The molecule has 29 heavy (non-hydrogen) atoms. The summed E-state index contributed by atoms with van der Waals surface area (Å²) < 4.78 is 42.0. The van der Waals surface area contributed by atoms with Crippen molar-refractivity contribution in [3.05, 3.63) is 47.8 Å². The Bertz CT molecular complexity index is 1010. The Kier molecular flexibility index (Phi) is 5.56. The van der Waals surface area contributed by atoms with E-state index in [1.807, 2.05) is 10.8 Å². The molecule has 5 nitrogen and oxygen atoms in total. The summed E-state index contributed by atoms with van der Waals surface area (Å²) in [6.45, 7) is 5.70. The molecule has 2 heterocycles. The minimum Gasteiger partial charge on any atom is -0.450 e. The van der Waals surface area contributed by atoms with E-state index in [1.165, 1.54) is 0 Å². The van der Waals surface area contributed by atoms with Crippen LogP contribution in [0.2, 0.25) is 19.1 Å². The number of anilines is 1. The van der Waals surface area contributed by atoms with Crippen LogP contribution in [0.5, 0.6) is 11.5 Å². The molecular formula is C21H25F2N3O2Si. The third-order valence-corrected chi connectivity index (χ3v) is 6.46. The van der Waals surface area contributed by atoms with Gasteiger partial charge < -0.3 is 19.8 Å². The van der Waals surface area contributed by atoms with Crippen LogP contribution in [-0.2, 0) is 11.5 Å². The first-order chi connectivity index (χ1) is 13.9. The number of hydrogen-bond acceptors (Lipinski definition) is 4. The number of fused-ring (bicyclic) bond motifs is 1. The second-order valence-corrected chi connectivity index (χ2v) is 11.3. The van der Waals surface area contributed by atoms with E-state index < -0.39 is 26.2 Å². The summed E-state index contributed by atoms with van der Waals surface area (Å²) in [6, 6.07) is 4.86. The van der Waals surface area contributed by atoms with Gasteiger partial charge in [0.2, 0.25) is 0 Å². The molecule has 1 aliphatic carbocycles. The molecule has 154 valence electrons. The number of nitrogens with two attached hydrogens (primary N) is 1. The molecule has 4 rings (SSSR count). The van der Waals surface area contributed by atoms with Gasteiger partial charge in [-0.3, -0.25) is 0 Å². The molecule has 0 radical (unpaired) electrons. The van der Waals surface area contributed by atoms with Crippen molar-refractivity contribution in [2.45, 2.75) is 44.6 Å². The van der Waals surface area contributed by atoms with Crippen molar-refractivity contribution in [2.24, 2.45) is 0 Å². The van der Waals surface area contributed by atoms with E-state index in [2.05, 4.69) is 18.1 Å². The number of ether oxygens (including phenoxy) is 2. The molecule has 2 N–H and O–H groups in total. The molecule has 0 amide bonds. The first kappa shape index (κ1) is 19.8. The molecule has 0 saturated heterocycles. The first-order valence-electron chi connectivity index (χ1n) is 9.92. The van der Waals surface area contributed by atoms with Crippen molar-refractivity contribution >= 4 is 25.5 Å². The Morgan fingerprint density at radius 3 is 2.62 bits per heavy atom. The van der Waals surface area contributed by atoms with Crippen LogP contribution in [0.3, 0.4) is 0 Å². The van der Waals surface area contributed by atoms with Gasteiger partial charge in [0.25, 0.3) is 0 Å². The maximum absolute atomic E-state index is 14.3. The highest BCUT2D eigenvalue weighted by Crippen LogP contribution is 2.46. The van der Waals surface area contributed by atoms with E-state index in [-0.39, 0.29) is 5.69 Å². The smallest absolute Gasteiger partial charge is 0.198 e. The molecular weight excluding hydrogens is 392 g/mol. The zero-order valence-electron chi connectivity index (χ0n) is 16.6. The van der Waals surface area contributed by atoms with Crippen molar-refractivity contribution in [2.75, 3.05) is 12.3 Å². The molecule has 0 spiro atoms. The van der Waals surface area contributed by atoms with E-state index >= 15 is 0 Å². The van der Waals surface area contributed by atoms with Gasteiger partial charge in [0.05, 0.1) is 5.39 Å². The van der Waals surface area contributed by atoms with Crippen molar-refractivity contribution < 1.29 is 18.3 Å².